The molecule has 1 heterocycles. The SMILES string of the molecule is CCn1ccnc1CC(N)c1cc(Cl)cc(Cl)c1. The van der Waals surface area contributed by atoms with Gasteiger partial charge in [-0.15, -0.1) is 0 Å². The number of nitrogens with zero attached hydrogens (tertiary/aromatic N) is 2. The summed E-state index contributed by atoms with van der Waals surface area (Å²) in [5.74, 6) is 0.973. The van der Waals surface area contributed by atoms with Gasteiger partial charge in [0.2, 0.25) is 0 Å². The molecule has 96 valence electrons. The first kappa shape index (κ1) is 13.4. The van der Waals surface area contributed by atoms with Crippen molar-refractivity contribution in [1.82, 2.24) is 9.55 Å². The Kier molecular flexibility index (Phi) is 4.27. The van der Waals surface area contributed by atoms with Crippen LogP contribution in [0.2, 0.25) is 10.0 Å². The monoisotopic (exact) mass is 283 g/mol. The maximum absolute atomic E-state index is 6.18. The molecule has 0 radical (unpaired) electrons. The molecule has 0 amide bonds. The van der Waals surface area contributed by atoms with Gasteiger partial charge in [-0.3, -0.25) is 0 Å². The van der Waals surface area contributed by atoms with Crippen LogP contribution < -0.4 is 5.73 Å². The first-order valence-corrected chi connectivity index (χ1v) is 6.57. The van der Waals surface area contributed by atoms with Crippen LogP contribution in [0.4, 0.5) is 0 Å². The van der Waals surface area contributed by atoms with E-state index in [-0.39, 0.29) is 6.04 Å². The Bertz CT molecular complexity index is 517. The minimum absolute atomic E-state index is 0.158. The second-order valence-electron chi connectivity index (χ2n) is 4.14. The zero-order valence-electron chi connectivity index (χ0n) is 10.1. The molecular formula is C13H15Cl2N3. The van der Waals surface area contributed by atoms with Gasteiger partial charge in [0.1, 0.15) is 5.82 Å². The molecule has 1 atom stereocenters. The molecule has 5 heteroatoms. The van der Waals surface area contributed by atoms with E-state index in [1.807, 2.05) is 18.3 Å². The molecule has 0 spiro atoms. The van der Waals surface area contributed by atoms with Gasteiger partial charge in [-0.1, -0.05) is 23.2 Å². The van der Waals surface area contributed by atoms with Gasteiger partial charge >= 0.3 is 0 Å². The largest absolute Gasteiger partial charge is 0.335 e. The first-order chi connectivity index (χ1) is 8.60. The van der Waals surface area contributed by atoms with E-state index < -0.39 is 0 Å². The van der Waals surface area contributed by atoms with Crippen LogP contribution in [0.3, 0.4) is 0 Å². The van der Waals surface area contributed by atoms with E-state index in [0.717, 1.165) is 17.9 Å². The summed E-state index contributed by atoms with van der Waals surface area (Å²) in [5, 5.41) is 1.21. The average Bonchev–Trinajstić information content (AvgIpc) is 2.75. The average molecular weight is 284 g/mol. The van der Waals surface area contributed by atoms with Crippen molar-refractivity contribution in [2.45, 2.75) is 25.9 Å². The van der Waals surface area contributed by atoms with Crippen molar-refractivity contribution in [3.8, 4) is 0 Å². The van der Waals surface area contributed by atoms with Crippen LogP contribution in [-0.2, 0) is 13.0 Å². The lowest BCUT2D eigenvalue weighted by Gasteiger charge is -2.13. The van der Waals surface area contributed by atoms with Crippen LogP contribution in [0.15, 0.2) is 30.6 Å². The molecule has 0 saturated heterocycles. The molecule has 1 aromatic carbocycles. The minimum Gasteiger partial charge on any atom is -0.335 e. The van der Waals surface area contributed by atoms with Crippen LogP contribution in [0.25, 0.3) is 0 Å². The molecule has 2 aromatic rings. The Hall–Kier alpha value is -1.03. The molecule has 3 nitrogen and oxygen atoms in total. The molecule has 1 aromatic heterocycles. The highest BCUT2D eigenvalue weighted by atomic mass is 35.5. The maximum Gasteiger partial charge on any atom is 0.110 e. The van der Waals surface area contributed by atoms with E-state index in [2.05, 4.69) is 16.5 Å². The zero-order valence-corrected chi connectivity index (χ0v) is 11.6. The van der Waals surface area contributed by atoms with E-state index >= 15 is 0 Å². The highest BCUT2D eigenvalue weighted by Crippen LogP contribution is 2.24. The number of aromatic nitrogens is 2. The fraction of sp³-hybridized carbons (Fsp3) is 0.308. The van der Waals surface area contributed by atoms with Gasteiger partial charge in [0.15, 0.2) is 0 Å². The van der Waals surface area contributed by atoms with Crippen molar-refractivity contribution in [1.29, 1.82) is 0 Å². The third-order valence-corrected chi connectivity index (χ3v) is 3.29. The highest BCUT2D eigenvalue weighted by molar-refractivity contribution is 6.34. The van der Waals surface area contributed by atoms with Gasteiger partial charge in [0.25, 0.3) is 0 Å². The smallest absolute Gasteiger partial charge is 0.110 e. The van der Waals surface area contributed by atoms with Gasteiger partial charge in [-0.2, -0.15) is 0 Å². The number of imidazole rings is 1. The predicted octanol–water partition coefficient (Wildman–Crippen LogP) is 3.45. The van der Waals surface area contributed by atoms with E-state index in [1.54, 1.807) is 12.3 Å². The van der Waals surface area contributed by atoms with E-state index in [0.29, 0.717) is 16.5 Å². The summed E-state index contributed by atoms with van der Waals surface area (Å²) in [5.41, 5.74) is 7.11. The summed E-state index contributed by atoms with van der Waals surface area (Å²) >= 11 is 11.9. The summed E-state index contributed by atoms with van der Waals surface area (Å²) in [7, 11) is 0. The Balaban J connectivity index is 2.19. The summed E-state index contributed by atoms with van der Waals surface area (Å²) in [6.07, 6.45) is 4.40. The molecule has 0 fully saturated rings. The third-order valence-electron chi connectivity index (χ3n) is 2.86. The number of hydrogen-bond donors (Lipinski definition) is 1. The summed E-state index contributed by atoms with van der Waals surface area (Å²) in [6.45, 7) is 2.96. The van der Waals surface area contributed by atoms with Gasteiger partial charge in [0, 0.05) is 41.4 Å². The third kappa shape index (κ3) is 3.05. The Morgan fingerprint density at radius 2 is 1.94 bits per heavy atom. The number of halogens is 2. The normalized spacial score (nSPS) is 12.7. The number of benzene rings is 1. The lowest BCUT2D eigenvalue weighted by molar-refractivity contribution is 0.628. The Morgan fingerprint density at radius 1 is 1.28 bits per heavy atom. The van der Waals surface area contributed by atoms with Gasteiger partial charge in [0.05, 0.1) is 0 Å². The predicted molar refractivity (Wildman–Crippen MR) is 75.0 cm³/mol. The Labute approximate surface area is 117 Å². The van der Waals surface area contributed by atoms with Gasteiger partial charge in [-0.25, -0.2) is 4.98 Å². The second-order valence-corrected chi connectivity index (χ2v) is 5.02. The number of aryl methyl sites for hydroxylation is 1. The molecule has 2 N–H and O–H groups in total. The van der Waals surface area contributed by atoms with Gasteiger partial charge < -0.3 is 10.3 Å². The van der Waals surface area contributed by atoms with Crippen LogP contribution >= 0.6 is 23.2 Å². The molecular weight excluding hydrogens is 269 g/mol. The summed E-state index contributed by atoms with van der Waals surface area (Å²) < 4.78 is 2.08. The topological polar surface area (TPSA) is 43.8 Å². The molecule has 0 saturated carbocycles. The van der Waals surface area contributed by atoms with Crippen LogP contribution in [-0.4, -0.2) is 9.55 Å². The molecule has 0 aliphatic heterocycles. The summed E-state index contributed by atoms with van der Waals surface area (Å²) in [4.78, 5) is 4.31. The number of nitrogens with two attached hydrogens (primary N) is 1. The Morgan fingerprint density at radius 3 is 2.56 bits per heavy atom. The first-order valence-electron chi connectivity index (χ1n) is 5.81. The van der Waals surface area contributed by atoms with Crippen LogP contribution in [0, 0.1) is 0 Å². The quantitative estimate of drug-likeness (QED) is 0.934. The lowest BCUT2D eigenvalue weighted by atomic mass is 10.0. The van der Waals surface area contributed by atoms with Crippen molar-refractivity contribution in [2.75, 3.05) is 0 Å². The fourth-order valence-electron chi connectivity index (χ4n) is 1.92. The van der Waals surface area contributed by atoms with E-state index in [9.17, 15) is 0 Å². The molecule has 0 bridgehead atoms. The van der Waals surface area contributed by atoms with Crippen molar-refractivity contribution in [3.63, 3.8) is 0 Å². The molecule has 0 aliphatic rings. The van der Waals surface area contributed by atoms with Crippen molar-refractivity contribution < 1.29 is 0 Å². The van der Waals surface area contributed by atoms with Crippen LogP contribution in [0.5, 0.6) is 0 Å². The van der Waals surface area contributed by atoms with E-state index in [1.165, 1.54) is 0 Å². The molecule has 1 unspecified atom stereocenters. The van der Waals surface area contributed by atoms with Gasteiger partial charge in [-0.05, 0) is 30.7 Å². The summed E-state index contributed by atoms with van der Waals surface area (Å²) in [6, 6.07) is 5.23. The van der Waals surface area contributed by atoms with Crippen molar-refractivity contribution in [2.24, 2.45) is 5.73 Å². The highest BCUT2D eigenvalue weighted by Gasteiger charge is 2.12. The fourth-order valence-corrected chi connectivity index (χ4v) is 2.46. The van der Waals surface area contributed by atoms with Crippen LogP contribution in [0.1, 0.15) is 24.4 Å². The lowest BCUT2D eigenvalue weighted by Crippen LogP contribution is -2.16. The molecule has 18 heavy (non-hydrogen) atoms. The second kappa shape index (κ2) is 5.74. The molecule has 2 rings (SSSR count). The minimum atomic E-state index is -0.158. The van der Waals surface area contributed by atoms with Crippen molar-refractivity contribution in [3.05, 3.63) is 52.0 Å². The number of rotatable bonds is 4. The molecule has 0 aliphatic carbocycles. The zero-order chi connectivity index (χ0) is 13.1. The number of hydrogen-bond acceptors (Lipinski definition) is 2. The maximum atomic E-state index is 6.18. The van der Waals surface area contributed by atoms with E-state index in [4.69, 9.17) is 28.9 Å². The standard InChI is InChI=1S/C13H15Cl2N3/c1-2-18-4-3-17-13(18)8-12(16)9-5-10(14)7-11(15)6-9/h3-7,12H,2,8,16H2,1H3. The van der Waals surface area contributed by atoms with Crippen molar-refractivity contribution >= 4 is 23.2 Å².